The summed E-state index contributed by atoms with van der Waals surface area (Å²) >= 11 is 5.82. The Bertz CT molecular complexity index is 159. The highest BCUT2D eigenvalue weighted by molar-refractivity contribution is 6.18. The van der Waals surface area contributed by atoms with E-state index < -0.39 is 0 Å². The Morgan fingerprint density at radius 2 is 1.79 bits per heavy atom. The molecule has 1 heterocycles. The first kappa shape index (κ1) is 12.6. The Kier molecular flexibility index (Phi) is 5.58. The van der Waals surface area contributed by atoms with Crippen molar-refractivity contribution in [2.45, 2.75) is 44.6 Å². The van der Waals surface area contributed by atoms with Crippen LogP contribution < -0.4 is 0 Å². The molecule has 84 valence electrons. The molecule has 0 N–H and O–H groups in total. The molecule has 0 bridgehead atoms. The average Bonchev–Trinajstić information content (AvgIpc) is 2.19. The summed E-state index contributed by atoms with van der Waals surface area (Å²) < 4.78 is 0. The number of halogens is 2. The van der Waals surface area contributed by atoms with Crippen LogP contribution in [0.25, 0.3) is 0 Å². The maximum atomic E-state index is 5.82. The first-order chi connectivity index (χ1) is 6.42. The van der Waals surface area contributed by atoms with Crippen LogP contribution >= 0.6 is 24.0 Å². The monoisotopic (exact) mass is 237 g/mol. The number of nitrogens with zero attached hydrogens (tertiary/aromatic N) is 1. The molecule has 0 aromatic carbocycles. The van der Waals surface area contributed by atoms with E-state index >= 15 is 0 Å². The molecule has 1 aliphatic heterocycles. The lowest BCUT2D eigenvalue weighted by Gasteiger charge is -2.44. The molecule has 0 aromatic rings. The van der Waals surface area contributed by atoms with Crippen molar-refractivity contribution in [2.24, 2.45) is 5.92 Å². The second kappa shape index (κ2) is 6.19. The normalized spacial score (nSPS) is 33.2. The number of fused-ring (bicyclic) bond motifs is 1. The maximum Gasteiger partial charge on any atom is 0.0351 e. The van der Waals surface area contributed by atoms with Crippen molar-refractivity contribution in [3.05, 3.63) is 0 Å². The molecular weight excluding hydrogens is 217 g/mol. The van der Waals surface area contributed by atoms with E-state index in [-0.39, 0.29) is 12.4 Å². The highest BCUT2D eigenvalue weighted by Gasteiger charge is 2.32. The van der Waals surface area contributed by atoms with Gasteiger partial charge in [0.2, 0.25) is 0 Å². The fraction of sp³-hybridized carbons (Fsp3) is 1.00. The number of rotatable bonds is 2. The van der Waals surface area contributed by atoms with Gasteiger partial charge in [-0.15, -0.1) is 24.0 Å². The molecular formula is C11H21Cl2N. The van der Waals surface area contributed by atoms with Crippen LogP contribution in [0.5, 0.6) is 0 Å². The van der Waals surface area contributed by atoms with Crippen LogP contribution in [0.3, 0.4) is 0 Å². The van der Waals surface area contributed by atoms with Gasteiger partial charge >= 0.3 is 0 Å². The van der Waals surface area contributed by atoms with E-state index in [0.717, 1.165) is 24.4 Å². The summed E-state index contributed by atoms with van der Waals surface area (Å²) in [7, 11) is 0. The highest BCUT2D eigenvalue weighted by atomic mass is 35.5. The third kappa shape index (κ3) is 2.77. The Morgan fingerprint density at radius 1 is 1.07 bits per heavy atom. The van der Waals surface area contributed by atoms with E-state index in [1.54, 1.807) is 0 Å². The van der Waals surface area contributed by atoms with Crippen molar-refractivity contribution in [2.75, 3.05) is 19.0 Å². The summed E-state index contributed by atoms with van der Waals surface area (Å²) in [5.41, 5.74) is 0. The summed E-state index contributed by atoms with van der Waals surface area (Å²) in [4.78, 5) is 2.64. The van der Waals surface area contributed by atoms with Gasteiger partial charge in [0.05, 0.1) is 0 Å². The van der Waals surface area contributed by atoms with Crippen molar-refractivity contribution in [3.8, 4) is 0 Å². The average molecular weight is 238 g/mol. The predicted octanol–water partition coefficient (Wildman–Crippen LogP) is 3.30. The third-order valence-corrected chi connectivity index (χ3v) is 3.90. The summed E-state index contributed by atoms with van der Waals surface area (Å²) in [6.07, 6.45) is 8.70. The molecule has 1 saturated carbocycles. The van der Waals surface area contributed by atoms with Crippen LogP contribution in [0.1, 0.15) is 38.5 Å². The lowest BCUT2D eigenvalue weighted by atomic mass is 9.78. The number of piperidine rings is 1. The van der Waals surface area contributed by atoms with Gasteiger partial charge in [-0.1, -0.05) is 12.8 Å². The van der Waals surface area contributed by atoms with E-state index in [4.69, 9.17) is 11.6 Å². The zero-order valence-corrected chi connectivity index (χ0v) is 10.3. The number of hydrogen-bond donors (Lipinski definition) is 0. The lowest BCUT2D eigenvalue weighted by molar-refractivity contribution is 0.0664. The minimum atomic E-state index is 0. The summed E-state index contributed by atoms with van der Waals surface area (Å²) in [6.45, 7) is 2.41. The van der Waals surface area contributed by atoms with Gasteiger partial charge in [-0.05, 0) is 38.1 Å². The molecule has 0 radical (unpaired) electrons. The second-order valence-electron chi connectivity index (χ2n) is 4.48. The molecule has 2 unspecified atom stereocenters. The van der Waals surface area contributed by atoms with Crippen LogP contribution in [0.15, 0.2) is 0 Å². The highest BCUT2D eigenvalue weighted by Crippen LogP contribution is 2.34. The fourth-order valence-corrected chi connectivity index (χ4v) is 3.33. The maximum absolute atomic E-state index is 5.82. The van der Waals surface area contributed by atoms with E-state index in [1.807, 2.05) is 0 Å². The molecule has 14 heavy (non-hydrogen) atoms. The van der Waals surface area contributed by atoms with E-state index in [2.05, 4.69) is 4.90 Å². The van der Waals surface area contributed by atoms with Crippen molar-refractivity contribution in [1.82, 2.24) is 4.90 Å². The van der Waals surface area contributed by atoms with Crippen LogP contribution in [-0.4, -0.2) is 29.9 Å². The molecule has 1 aliphatic carbocycles. The molecule has 2 fully saturated rings. The first-order valence-corrected chi connectivity index (χ1v) is 6.25. The lowest BCUT2D eigenvalue weighted by Crippen LogP contribution is -2.47. The standard InChI is InChI=1S/C11H20ClN.ClH/c12-7-9-13-8-3-5-10-4-1-2-6-11(10)13;/h10-11H,1-9H2;1H. The predicted molar refractivity (Wildman–Crippen MR) is 64.5 cm³/mol. The van der Waals surface area contributed by atoms with E-state index in [1.165, 1.54) is 45.1 Å². The molecule has 0 aromatic heterocycles. The van der Waals surface area contributed by atoms with Crippen LogP contribution in [0, 0.1) is 5.92 Å². The summed E-state index contributed by atoms with van der Waals surface area (Å²) in [5.74, 6) is 1.81. The van der Waals surface area contributed by atoms with Gasteiger partial charge in [0.15, 0.2) is 0 Å². The smallest absolute Gasteiger partial charge is 0.0351 e. The number of likely N-dealkylation sites (tertiary alicyclic amines) is 1. The molecule has 2 aliphatic rings. The molecule has 3 heteroatoms. The largest absolute Gasteiger partial charge is 0.299 e. The minimum Gasteiger partial charge on any atom is -0.299 e. The zero-order valence-electron chi connectivity index (χ0n) is 8.75. The van der Waals surface area contributed by atoms with Gasteiger partial charge in [-0.3, -0.25) is 4.90 Å². The Hall–Kier alpha value is 0.540. The summed E-state index contributed by atoms with van der Waals surface area (Å²) in [6, 6.07) is 0.890. The second-order valence-corrected chi connectivity index (χ2v) is 4.86. The van der Waals surface area contributed by atoms with Gasteiger partial charge in [0, 0.05) is 18.5 Å². The Labute approximate surface area is 98.6 Å². The van der Waals surface area contributed by atoms with Crippen molar-refractivity contribution >= 4 is 24.0 Å². The third-order valence-electron chi connectivity index (χ3n) is 3.73. The van der Waals surface area contributed by atoms with Gasteiger partial charge in [0.1, 0.15) is 0 Å². The molecule has 2 atom stereocenters. The van der Waals surface area contributed by atoms with Gasteiger partial charge in [-0.25, -0.2) is 0 Å². The first-order valence-electron chi connectivity index (χ1n) is 5.72. The molecule has 0 amide bonds. The van der Waals surface area contributed by atoms with Gasteiger partial charge in [0.25, 0.3) is 0 Å². The molecule has 1 saturated heterocycles. The number of alkyl halides is 1. The van der Waals surface area contributed by atoms with Gasteiger partial charge in [-0.2, -0.15) is 0 Å². The molecule has 1 nitrogen and oxygen atoms in total. The topological polar surface area (TPSA) is 3.24 Å². The van der Waals surface area contributed by atoms with Crippen LogP contribution in [-0.2, 0) is 0 Å². The summed E-state index contributed by atoms with van der Waals surface area (Å²) in [5, 5.41) is 0. The number of hydrogen-bond acceptors (Lipinski definition) is 1. The van der Waals surface area contributed by atoms with Crippen LogP contribution in [0.4, 0.5) is 0 Å². The zero-order chi connectivity index (χ0) is 9.10. The SMILES string of the molecule is Cl.ClCCN1CCCC2CCCCC21. The van der Waals surface area contributed by atoms with Gasteiger partial charge < -0.3 is 0 Å². The van der Waals surface area contributed by atoms with Crippen molar-refractivity contribution in [1.29, 1.82) is 0 Å². The Morgan fingerprint density at radius 3 is 2.57 bits per heavy atom. The molecule has 0 spiro atoms. The Balaban J connectivity index is 0.000000980. The van der Waals surface area contributed by atoms with E-state index in [0.29, 0.717) is 0 Å². The van der Waals surface area contributed by atoms with E-state index in [9.17, 15) is 0 Å². The van der Waals surface area contributed by atoms with Crippen molar-refractivity contribution in [3.63, 3.8) is 0 Å². The molecule has 2 rings (SSSR count). The van der Waals surface area contributed by atoms with Crippen molar-refractivity contribution < 1.29 is 0 Å². The minimum absolute atomic E-state index is 0. The fourth-order valence-electron chi connectivity index (χ4n) is 3.11. The van der Waals surface area contributed by atoms with Crippen LogP contribution in [0.2, 0.25) is 0 Å². The quantitative estimate of drug-likeness (QED) is 0.667.